The molecule has 0 fully saturated rings. The maximum absolute atomic E-state index is 11.8. The van der Waals surface area contributed by atoms with Gasteiger partial charge < -0.3 is 10.1 Å². The number of nitrogens with one attached hydrogen (secondary N) is 1. The maximum atomic E-state index is 11.8. The van der Waals surface area contributed by atoms with Gasteiger partial charge in [-0.2, -0.15) is 13.2 Å². The molecule has 0 bridgehead atoms. The number of hydrogen-bond donors (Lipinski definition) is 1. The summed E-state index contributed by atoms with van der Waals surface area (Å²) in [6, 6.07) is 6.84. The van der Waals surface area contributed by atoms with Crippen LogP contribution in [0.25, 0.3) is 0 Å². The van der Waals surface area contributed by atoms with Gasteiger partial charge >= 0.3 is 12.1 Å². The molecule has 0 radical (unpaired) electrons. The number of benzene rings is 1. The highest BCUT2D eigenvalue weighted by Gasteiger charge is 2.30. The Morgan fingerprint density at radius 1 is 1.26 bits per heavy atom. The van der Waals surface area contributed by atoms with Crippen molar-refractivity contribution >= 4 is 11.9 Å². The van der Waals surface area contributed by atoms with Crippen LogP contribution in [0.2, 0.25) is 0 Å². The summed E-state index contributed by atoms with van der Waals surface area (Å²) in [6.45, 7) is -0.420. The molecule has 0 aliphatic carbocycles. The molecule has 0 saturated carbocycles. The van der Waals surface area contributed by atoms with Crippen molar-refractivity contribution in [2.24, 2.45) is 0 Å². The van der Waals surface area contributed by atoms with Gasteiger partial charge in [0.05, 0.1) is 0 Å². The van der Waals surface area contributed by atoms with Gasteiger partial charge in [-0.3, -0.25) is 4.79 Å². The van der Waals surface area contributed by atoms with Crippen molar-refractivity contribution < 1.29 is 27.5 Å². The lowest BCUT2D eigenvalue weighted by molar-refractivity contribution is -0.187. The van der Waals surface area contributed by atoms with Crippen LogP contribution in [0.15, 0.2) is 30.3 Å². The van der Waals surface area contributed by atoms with Crippen molar-refractivity contribution in [3.8, 4) is 0 Å². The topological polar surface area (TPSA) is 55.4 Å². The molecule has 0 heterocycles. The summed E-state index contributed by atoms with van der Waals surface area (Å²) < 4.78 is 39.6. The number of alkyl halides is 3. The van der Waals surface area contributed by atoms with Crippen molar-refractivity contribution in [2.45, 2.75) is 19.1 Å². The van der Waals surface area contributed by atoms with E-state index >= 15 is 0 Å². The van der Waals surface area contributed by atoms with E-state index in [4.69, 9.17) is 0 Å². The normalized spacial score (nSPS) is 12.6. The number of ether oxygens (including phenoxy) is 1. The predicted octanol–water partition coefficient (Wildman–Crippen LogP) is 1.91. The fraction of sp³-hybridized carbons (Fsp3) is 0.333. The fourth-order valence-corrected chi connectivity index (χ4v) is 1.21. The first-order chi connectivity index (χ1) is 8.79. The van der Waals surface area contributed by atoms with E-state index in [9.17, 15) is 22.8 Å². The SMILES string of the molecule is CC(NC(=O)c1ccccc1)C(=O)OCC(F)(F)F. The molecule has 1 unspecified atom stereocenters. The fourth-order valence-electron chi connectivity index (χ4n) is 1.21. The summed E-state index contributed by atoms with van der Waals surface area (Å²) in [5.41, 5.74) is 0.304. The number of carbonyl (C=O) groups is 2. The van der Waals surface area contributed by atoms with Crippen LogP contribution in [0, 0.1) is 0 Å². The quantitative estimate of drug-likeness (QED) is 0.854. The molecule has 19 heavy (non-hydrogen) atoms. The second-order valence-electron chi connectivity index (χ2n) is 3.78. The third-order valence-electron chi connectivity index (χ3n) is 2.12. The average Bonchev–Trinajstić information content (AvgIpc) is 2.36. The molecular weight excluding hydrogens is 263 g/mol. The van der Waals surface area contributed by atoms with Crippen molar-refractivity contribution in [1.29, 1.82) is 0 Å². The second-order valence-corrected chi connectivity index (χ2v) is 3.78. The molecule has 0 aliphatic rings. The number of amides is 1. The Kier molecular flexibility index (Phi) is 4.91. The Labute approximate surface area is 107 Å². The van der Waals surface area contributed by atoms with Crippen molar-refractivity contribution in [1.82, 2.24) is 5.32 Å². The third-order valence-corrected chi connectivity index (χ3v) is 2.12. The minimum absolute atomic E-state index is 0.304. The first-order valence-electron chi connectivity index (χ1n) is 5.39. The average molecular weight is 275 g/mol. The first-order valence-corrected chi connectivity index (χ1v) is 5.39. The summed E-state index contributed by atoms with van der Waals surface area (Å²) in [4.78, 5) is 22.8. The summed E-state index contributed by atoms with van der Waals surface area (Å²) in [7, 11) is 0. The molecule has 1 aromatic carbocycles. The van der Waals surface area contributed by atoms with Gasteiger partial charge in [0.1, 0.15) is 6.04 Å². The highest BCUT2D eigenvalue weighted by Crippen LogP contribution is 2.14. The molecule has 0 spiro atoms. The molecule has 0 saturated heterocycles. The lowest BCUT2D eigenvalue weighted by Crippen LogP contribution is -2.40. The molecule has 1 atom stereocenters. The molecule has 1 rings (SSSR count). The minimum atomic E-state index is -4.58. The molecule has 0 aliphatic heterocycles. The van der Waals surface area contributed by atoms with Crippen LogP contribution in [0.3, 0.4) is 0 Å². The van der Waals surface area contributed by atoms with Crippen LogP contribution in [-0.4, -0.2) is 30.7 Å². The van der Waals surface area contributed by atoms with Gasteiger partial charge in [-0.05, 0) is 19.1 Å². The third kappa shape index (κ3) is 5.41. The molecule has 1 aromatic rings. The largest absolute Gasteiger partial charge is 0.455 e. The van der Waals surface area contributed by atoms with Crippen LogP contribution < -0.4 is 5.32 Å². The summed E-state index contributed by atoms with van der Waals surface area (Å²) >= 11 is 0. The maximum Gasteiger partial charge on any atom is 0.422 e. The lowest BCUT2D eigenvalue weighted by Gasteiger charge is -2.14. The molecule has 7 heteroatoms. The number of halogens is 3. The first kappa shape index (κ1) is 15.0. The monoisotopic (exact) mass is 275 g/mol. The van der Waals surface area contributed by atoms with Crippen LogP contribution in [0.1, 0.15) is 17.3 Å². The van der Waals surface area contributed by atoms with Crippen molar-refractivity contribution in [3.63, 3.8) is 0 Å². The van der Waals surface area contributed by atoms with Gasteiger partial charge in [-0.15, -0.1) is 0 Å². The Morgan fingerprint density at radius 2 is 1.84 bits per heavy atom. The van der Waals surface area contributed by atoms with Crippen molar-refractivity contribution in [2.75, 3.05) is 6.61 Å². The van der Waals surface area contributed by atoms with Crippen LogP contribution in [0.5, 0.6) is 0 Å². The Bertz CT molecular complexity index is 445. The summed E-state index contributed by atoms with van der Waals surface area (Å²) in [5, 5.41) is 2.25. The van der Waals surface area contributed by atoms with E-state index in [0.29, 0.717) is 5.56 Å². The molecule has 104 valence electrons. The number of hydrogen-bond acceptors (Lipinski definition) is 3. The highest BCUT2D eigenvalue weighted by atomic mass is 19.4. The van der Waals surface area contributed by atoms with Gasteiger partial charge in [0.15, 0.2) is 6.61 Å². The number of carbonyl (C=O) groups excluding carboxylic acids is 2. The predicted molar refractivity (Wildman–Crippen MR) is 60.4 cm³/mol. The number of rotatable bonds is 4. The zero-order chi connectivity index (χ0) is 14.5. The summed E-state index contributed by atoms with van der Waals surface area (Å²) in [6.07, 6.45) is -4.58. The number of esters is 1. The standard InChI is InChI=1S/C12H12F3NO3/c1-8(11(18)19-7-12(13,14)15)16-10(17)9-5-3-2-4-6-9/h2-6,8H,7H2,1H3,(H,16,17). The summed E-state index contributed by atoms with van der Waals surface area (Å²) in [5.74, 6) is -1.70. The van der Waals surface area contributed by atoms with E-state index in [1.165, 1.54) is 19.1 Å². The van der Waals surface area contributed by atoms with E-state index in [1.807, 2.05) is 0 Å². The van der Waals surface area contributed by atoms with Gasteiger partial charge in [0.2, 0.25) is 0 Å². The Morgan fingerprint density at radius 3 is 2.37 bits per heavy atom. The molecule has 4 nitrogen and oxygen atoms in total. The lowest BCUT2D eigenvalue weighted by atomic mass is 10.2. The zero-order valence-electron chi connectivity index (χ0n) is 10.0. The second kappa shape index (κ2) is 6.21. The van der Waals surface area contributed by atoms with E-state index in [-0.39, 0.29) is 0 Å². The van der Waals surface area contributed by atoms with E-state index in [0.717, 1.165) is 0 Å². The molecule has 0 aromatic heterocycles. The molecular formula is C12H12F3NO3. The van der Waals surface area contributed by atoms with Gasteiger partial charge in [0.25, 0.3) is 5.91 Å². The van der Waals surface area contributed by atoms with Crippen LogP contribution in [0.4, 0.5) is 13.2 Å². The molecule has 1 N–H and O–H groups in total. The Hall–Kier alpha value is -2.05. The highest BCUT2D eigenvalue weighted by molar-refractivity contribution is 5.96. The zero-order valence-corrected chi connectivity index (χ0v) is 10.0. The van der Waals surface area contributed by atoms with E-state index in [2.05, 4.69) is 10.1 Å². The van der Waals surface area contributed by atoms with Gasteiger partial charge in [0, 0.05) is 5.56 Å². The van der Waals surface area contributed by atoms with E-state index in [1.54, 1.807) is 18.2 Å². The van der Waals surface area contributed by atoms with E-state index < -0.39 is 30.7 Å². The minimum Gasteiger partial charge on any atom is -0.455 e. The molecule has 1 amide bonds. The smallest absolute Gasteiger partial charge is 0.422 e. The van der Waals surface area contributed by atoms with Crippen molar-refractivity contribution in [3.05, 3.63) is 35.9 Å². The van der Waals surface area contributed by atoms with Gasteiger partial charge in [-0.25, -0.2) is 4.79 Å². The van der Waals surface area contributed by atoms with Crippen LogP contribution in [-0.2, 0) is 9.53 Å². The Balaban J connectivity index is 2.48. The van der Waals surface area contributed by atoms with Crippen LogP contribution >= 0.6 is 0 Å². The van der Waals surface area contributed by atoms with Gasteiger partial charge in [-0.1, -0.05) is 18.2 Å².